The molecule has 0 aromatic heterocycles. The molecule has 0 bridgehead atoms. The lowest BCUT2D eigenvalue weighted by molar-refractivity contribution is -0.137. The summed E-state index contributed by atoms with van der Waals surface area (Å²) >= 11 is 5.81. The molecule has 1 aliphatic heterocycles. The fourth-order valence-corrected chi connectivity index (χ4v) is 3.09. The SMILES string of the molecule is O=C(/C=C/c1ccc(Cl)cc1)Nc1cc(C(F)(F)F)ccc1N1CCCC1. The van der Waals surface area contributed by atoms with Crippen LogP contribution in [-0.4, -0.2) is 19.0 Å². The highest BCUT2D eigenvalue weighted by Crippen LogP contribution is 2.36. The quantitative estimate of drug-likeness (QED) is 0.683. The number of hydrogen-bond acceptors (Lipinski definition) is 2. The molecule has 0 radical (unpaired) electrons. The van der Waals surface area contributed by atoms with Crippen LogP contribution in [0.5, 0.6) is 0 Å². The monoisotopic (exact) mass is 394 g/mol. The topological polar surface area (TPSA) is 32.3 Å². The Hall–Kier alpha value is -2.47. The maximum Gasteiger partial charge on any atom is 0.416 e. The summed E-state index contributed by atoms with van der Waals surface area (Å²) in [4.78, 5) is 14.2. The first-order valence-electron chi connectivity index (χ1n) is 8.54. The van der Waals surface area contributed by atoms with Gasteiger partial charge in [-0.1, -0.05) is 23.7 Å². The smallest absolute Gasteiger partial charge is 0.370 e. The predicted molar refractivity (Wildman–Crippen MR) is 102 cm³/mol. The Morgan fingerprint density at radius 2 is 1.74 bits per heavy atom. The number of anilines is 2. The Bertz CT molecular complexity index is 841. The zero-order valence-corrected chi connectivity index (χ0v) is 15.1. The minimum absolute atomic E-state index is 0.164. The summed E-state index contributed by atoms with van der Waals surface area (Å²) in [7, 11) is 0. The van der Waals surface area contributed by atoms with Gasteiger partial charge in [0.15, 0.2) is 0 Å². The van der Waals surface area contributed by atoms with Crippen molar-refractivity contribution in [3.8, 4) is 0 Å². The van der Waals surface area contributed by atoms with Crippen LogP contribution in [0.4, 0.5) is 24.5 Å². The fraction of sp³-hybridized carbons (Fsp3) is 0.250. The third-order valence-electron chi connectivity index (χ3n) is 4.33. The van der Waals surface area contributed by atoms with Crippen LogP contribution in [-0.2, 0) is 11.0 Å². The molecule has 0 saturated carbocycles. The first-order chi connectivity index (χ1) is 12.8. The third-order valence-corrected chi connectivity index (χ3v) is 4.58. The molecule has 1 saturated heterocycles. The standard InChI is InChI=1S/C20H18ClF3N2O/c21-16-7-3-14(4-8-16)5-10-19(27)25-17-13-15(20(22,23)24)6-9-18(17)26-11-1-2-12-26/h3-10,13H,1-2,11-12H2,(H,25,27)/b10-5+. The molecule has 1 heterocycles. The molecule has 0 aliphatic carbocycles. The summed E-state index contributed by atoms with van der Waals surface area (Å²) in [5, 5.41) is 3.17. The van der Waals surface area contributed by atoms with Crippen molar-refractivity contribution in [2.45, 2.75) is 19.0 Å². The van der Waals surface area contributed by atoms with Crippen LogP contribution < -0.4 is 10.2 Å². The number of alkyl halides is 3. The zero-order chi connectivity index (χ0) is 19.4. The van der Waals surface area contributed by atoms with Gasteiger partial charge in [-0.05, 0) is 54.8 Å². The molecule has 2 aromatic carbocycles. The summed E-state index contributed by atoms with van der Waals surface area (Å²) < 4.78 is 39.2. The summed E-state index contributed by atoms with van der Waals surface area (Å²) in [6.45, 7) is 1.52. The second-order valence-electron chi connectivity index (χ2n) is 6.30. The molecule has 3 nitrogen and oxygen atoms in total. The van der Waals surface area contributed by atoms with Gasteiger partial charge in [-0.15, -0.1) is 0 Å². The van der Waals surface area contributed by atoms with Crippen LogP contribution in [0.3, 0.4) is 0 Å². The lowest BCUT2D eigenvalue weighted by atomic mass is 10.1. The van der Waals surface area contributed by atoms with Gasteiger partial charge in [-0.3, -0.25) is 4.79 Å². The van der Waals surface area contributed by atoms with Crippen molar-refractivity contribution in [2.24, 2.45) is 0 Å². The van der Waals surface area contributed by atoms with Gasteiger partial charge in [-0.25, -0.2) is 0 Å². The summed E-state index contributed by atoms with van der Waals surface area (Å²) in [6, 6.07) is 10.3. The van der Waals surface area contributed by atoms with Crippen molar-refractivity contribution in [3.63, 3.8) is 0 Å². The first-order valence-corrected chi connectivity index (χ1v) is 8.91. The Morgan fingerprint density at radius 3 is 2.37 bits per heavy atom. The predicted octanol–water partition coefficient (Wildman–Crippen LogP) is 5.61. The Morgan fingerprint density at radius 1 is 1.07 bits per heavy atom. The molecular weight excluding hydrogens is 377 g/mol. The Kier molecular flexibility index (Phi) is 5.75. The van der Waals surface area contributed by atoms with Gasteiger partial charge in [0.25, 0.3) is 0 Å². The molecule has 7 heteroatoms. The largest absolute Gasteiger partial charge is 0.416 e. The van der Waals surface area contributed by atoms with E-state index in [0.29, 0.717) is 10.7 Å². The number of nitrogens with one attached hydrogen (secondary N) is 1. The zero-order valence-electron chi connectivity index (χ0n) is 14.4. The second kappa shape index (κ2) is 8.05. The average Bonchev–Trinajstić information content (AvgIpc) is 3.15. The van der Waals surface area contributed by atoms with Crippen molar-refractivity contribution in [1.29, 1.82) is 0 Å². The molecular formula is C20H18ClF3N2O. The number of carbonyl (C=O) groups excluding carboxylic acids is 1. The van der Waals surface area contributed by atoms with Crippen LogP contribution in [0.2, 0.25) is 5.02 Å². The number of carbonyl (C=O) groups is 1. The molecule has 27 heavy (non-hydrogen) atoms. The van der Waals surface area contributed by atoms with E-state index in [-0.39, 0.29) is 5.69 Å². The van der Waals surface area contributed by atoms with E-state index in [1.165, 1.54) is 12.1 Å². The van der Waals surface area contributed by atoms with Gasteiger partial charge in [0, 0.05) is 24.2 Å². The van der Waals surface area contributed by atoms with E-state index in [9.17, 15) is 18.0 Å². The van der Waals surface area contributed by atoms with E-state index < -0.39 is 17.6 Å². The molecule has 0 atom stereocenters. The van der Waals surface area contributed by atoms with Gasteiger partial charge in [0.05, 0.1) is 16.9 Å². The van der Waals surface area contributed by atoms with Crippen LogP contribution in [0.1, 0.15) is 24.0 Å². The van der Waals surface area contributed by atoms with Crippen LogP contribution in [0.15, 0.2) is 48.5 Å². The highest BCUT2D eigenvalue weighted by Gasteiger charge is 2.31. The Labute approximate surface area is 160 Å². The molecule has 1 aliphatic rings. The van der Waals surface area contributed by atoms with E-state index >= 15 is 0 Å². The van der Waals surface area contributed by atoms with Crippen molar-refractivity contribution < 1.29 is 18.0 Å². The molecule has 0 unspecified atom stereocenters. The van der Waals surface area contributed by atoms with Gasteiger partial charge in [0.1, 0.15) is 0 Å². The van der Waals surface area contributed by atoms with Crippen LogP contribution >= 0.6 is 11.6 Å². The van der Waals surface area contributed by atoms with Gasteiger partial charge >= 0.3 is 6.18 Å². The lowest BCUT2D eigenvalue weighted by Crippen LogP contribution is -2.21. The van der Waals surface area contributed by atoms with E-state index in [1.807, 2.05) is 4.90 Å². The van der Waals surface area contributed by atoms with E-state index in [0.717, 1.165) is 43.6 Å². The molecule has 2 aromatic rings. The van der Waals surface area contributed by atoms with E-state index in [2.05, 4.69) is 5.32 Å². The summed E-state index contributed by atoms with van der Waals surface area (Å²) in [5.74, 6) is -0.496. The van der Waals surface area contributed by atoms with Gasteiger partial charge in [0.2, 0.25) is 5.91 Å². The van der Waals surface area contributed by atoms with Crippen molar-refractivity contribution in [3.05, 3.63) is 64.7 Å². The maximum atomic E-state index is 13.1. The van der Waals surface area contributed by atoms with Crippen molar-refractivity contribution in [1.82, 2.24) is 0 Å². The minimum atomic E-state index is -4.47. The van der Waals surface area contributed by atoms with E-state index in [1.54, 1.807) is 30.3 Å². The van der Waals surface area contributed by atoms with E-state index in [4.69, 9.17) is 11.6 Å². The molecule has 3 rings (SSSR count). The van der Waals surface area contributed by atoms with Gasteiger partial charge in [-0.2, -0.15) is 13.2 Å². The fourth-order valence-electron chi connectivity index (χ4n) is 2.97. The number of hydrogen-bond donors (Lipinski definition) is 1. The molecule has 0 spiro atoms. The Balaban J connectivity index is 1.82. The number of amides is 1. The van der Waals surface area contributed by atoms with Crippen molar-refractivity contribution in [2.75, 3.05) is 23.3 Å². The molecule has 1 amide bonds. The van der Waals surface area contributed by atoms with Crippen molar-refractivity contribution >= 4 is 35.0 Å². The van der Waals surface area contributed by atoms with Gasteiger partial charge < -0.3 is 10.2 Å². The molecule has 142 valence electrons. The molecule has 1 fully saturated rings. The lowest BCUT2D eigenvalue weighted by Gasteiger charge is -2.22. The normalized spacial score (nSPS) is 14.7. The minimum Gasteiger partial charge on any atom is -0.370 e. The summed E-state index contributed by atoms with van der Waals surface area (Å²) in [6.07, 6.45) is 0.351. The highest BCUT2D eigenvalue weighted by molar-refractivity contribution is 6.30. The first kappa shape index (κ1) is 19.3. The number of rotatable bonds is 4. The van der Waals surface area contributed by atoms with Crippen LogP contribution in [0.25, 0.3) is 6.08 Å². The van der Waals surface area contributed by atoms with Crippen LogP contribution in [0, 0.1) is 0 Å². The number of nitrogens with zero attached hydrogens (tertiary/aromatic N) is 1. The molecule has 1 N–H and O–H groups in total. The number of halogens is 4. The third kappa shape index (κ3) is 5.04. The average molecular weight is 395 g/mol. The summed E-state index contributed by atoms with van der Waals surface area (Å²) in [5.41, 5.74) is 0.743. The second-order valence-corrected chi connectivity index (χ2v) is 6.73. The number of benzene rings is 2. The maximum absolute atomic E-state index is 13.1. The highest BCUT2D eigenvalue weighted by atomic mass is 35.5.